The number of carbonyl (C=O) groups is 1. The summed E-state index contributed by atoms with van der Waals surface area (Å²) in [6.07, 6.45) is 8.81. The van der Waals surface area contributed by atoms with Crippen molar-refractivity contribution in [2.24, 2.45) is 0 Å². The summed E-state index contributed by atoms with van der Waals surface area (Å²) in [4.78, 5) is 21.5. The molecular formula is C19H28ClN3OS. The number of rotatable bonds is 4. The van der Waals surface area contributed by atoms with Crippen LogP contribution in [0.4, 0.5) is 5.82 Å². The zero-order chi connectivity index (χ0) is 17.6. The van der Waals surface area contributed by atoms with Gasteiger partial charge in [-0.15, -0.1) is 0 Å². The molecule has 0 N–H and O–H groups in total. The van der Waals surface area contributed by atoms with Crippen LogP contribution in [0.2, 0.25) is 5.02 Å². The Labute approximate surface area is 160 Å². The fourth-order valence-corrected chi connectivity index (χ4v) is 5.10. The summed E-state index contributed by atoms with van der Waals surface area (Å²) in [6, 6.07) is 1.81. The first-order chi connectivity index (χ1) is 12.2. The van der Waals surface area contributed by atoms with Gasteiger partial charge in [0.15, 0.2) is 0 Å². The van der Waals surface area contributed by atoms with Gasteiger partial charge in [0.1, 0.15) is 5.82 Å². The maximum absolute atomic E-state index is 12.6. The summed E-state index contributed by atoms with van der Waals surface area (Å²) in [5.41, 5.74) is 0.616. The second-order valence-electron chi connectivity index (χ2n) is 6.90. The van der Waals surface area contributed by atoms with Crippen LogP contribution < -0.4 is 4.90 Å². The predicted molar refractivity (Wildman–Crippen MR) is 107 cm³/mol. The van der Waals surface area contributed by atoms with Gasteiger partial charge in [-0.3, -0.25) is 4.79 Å². The van der Waals surface area contributed by atoms with E-state index in [-0.39, 0.29) is 5.91 Å². The van der Waals surface area contributed by atoms with Crippen LogP contribution in [0.3, 0.4) is 0 Å². The Hall–Kier alpha value is -0.940. The van der Waals surface area contributed by atoms with Crippen LogP contribution in [0, 0.1) is 0 Å². The molecule has 2 aliphatic heterocycles. The van der Waals surface area contributed by atoms with Crippen molar-refractivity contribution in [3.05, 3.63) is 22.8 Å². The second-order valence-corrected chi connectivity index (χ2v) is 8.89. The molecule has 3 rings (SSSR count). The molecule has 3 heterocycles. The van der Waals surface area contributed by atoms with E-state index < -0.39 is 0 Å². The number of pyridine rings is 1. The maximum Gasteiger partial charge on any atom is 0.255 e. The molecule has 1 unspecified atom stereocenters. The second kappa shape index (κ2) is 9.13. The molecule has 1 amide bonds. The third-order valence-electron chi connectivity index (χ3n) is 5.04. The highest BCUT2D eigenvalue weighted by molar-refractivity contribution is 7.99. The molecule has 2 aliphatic rings. The van der Waals surface area contributed by atoms with Gasteiger partial charge < -0.3 is 9.80 Å². The number of thioether (sulfide) groups is 1. The van der Waals surface area contributed by atoms with Crippen molar-refractivity contribution >= 4 is 35.1 Å². The minimum absolute atomic E-state index is 0.0657. The molecular weight excluding hydrogens is 354 g/mol. The van der Waals surface area contributed by atoms with Crippen molar-refractivity contribution in [3.8, 4) is 0 Å². The summed E-state index contributed by atoms with van der Waals surface area (Å²) in [6.45, 7) is 5.89. The Kier molecular flexibility index (Phi) is 6.88. The first kappa shape index (κ1) is 18.8. The number of halogens is 1. The van der Waals surface area contributed by atoms with E-state index in [1.165, 1.54) is 25.7 Å². The topological polar surface area (TPSA) is 36.4 Å². The van der Waals surface area contributed by atoms with Gasteiger partial charge >= 0.3 is 0 Å². The third kappa shape index (κ3) is 4.82. The van der Waals surface area contributed by atoms with Crippen molar-refractivity contribution in [2.75, 3.05) is 36.8 Å². The van der Waals surface area contributed by atoms with Crippen LogP contribution in [0.1, 0.15) is 55.8 Å². The average molecular weight is 382 g/mol. The molecule has 138 valence electrons. The molecule has 0 bridgehead atoms. The van der Waals surface area contributed by atoms with Crippen LogP contribution in [0.5, 0.6) is 0 Å². The molecule has 1 atom stereocenters. The molecule has 25 heavy (non-hydrogen) atoms. The molecule has 0 saturated carbocycles. The quantitative estimate of drug-likeness (QED) is 0.770. The molecule has 1 aromatic rings. The van der Waals surface area contributed by atoms with Gasteiger partial charge in [0.25, 0.3) is 5.91 Å². The number of aromatic nitrogens is 1. The number of hydrogen-bond donors (Lipinski definition) is 0. The van der Waals surface area contributed by atoms with Crippen LogP contribution in [-0.2, 0) is 0 Å². The van der Waals surface area contributed by atoms with Crippen LogP contribution in [0.15, 0.2) is 12.3 Å². The predicted octanol–water partition coefficient (Wildman–Crippen LogP) is 4.47. The maximum atomic E-state index is 12.6. The van der Waals surface area contributed by atoms with E-state index in [1.807, 2.05) is 22.7 Å². The SMILES string of the molecule is CCSC1CCCCN(c2ncc(C(=O)N3CCCCC3)cc2Cl)C1. The van der Waals surface area contributed by atoms with E-state index in [0.717, 1.165) is 50.6 Å². The van der Waals surface area contributed by atoms with Crippen LogP contribution in [0.25, 0.3) is 0 Å². The summed E-state index contributed by atoms with van der Waals surface area (Å²) < 4.78 is 0. The van der Waals surface area contributed by atoms with Crippen molar-refractivity contribution in [2.45, 2.75) is 50.7 Å². The standard InChI is InChI=1S/C19H28ClN3OS/c1-2-25-16-8-4-7-11-23(14-16)18-17(20)12-15(13-21-18)19(24)22-9-5-3-6-10-22/h12-13,16H,2-11,14H2,1H3. The summed E-state index contributed by atoms with van der Waals surface area (Å²) in [7, 11) is 0. The number of carbonyl (C=O) groups excluding carboxylic acids is 1. The lowest BCUT2D eigenvalue weighted by atomic mass is 10.1. The monoisotopic (exact) mass is 381 g/mol. The highest BCUT2D eigenvalue weighted by atomic mass is 35.5. The molecule has 0 aliphatic carbocycles. The highest BCUT2D eigenvalue weighted by Crippen LogP contribution is 2.30. The molecule has 0 spiro atoms. The zero-order valence-corrected chi connectivity index (χ0v) is 16.6. The average Bonchev–Trinajstić information content (AvgIpc) is 2.87. The Morgan fingerprint density at radius 2 is 2.00 bits per heavy atom. The number of piperidine rings is 1. The van der Waals surface area contributed by atoms with Gasteiger partial charge in [0.2, 0.25) is 0 Å². The Balaban J connectivity index is 1.73. The molecule has 2 saturated heterocycles. The van der Waals surface area contributed by atoms with E-state index in [9.17, 15) is 4.79 Å². The van der Waals surface area contributed by atoms with Gasteiger partial charge in [0.05, 0.1) is 10.6 Å². The minimum atomic E-state index is 0.0657. The number of nitrogens with zero attached hydrogens (tertiary/aromatic N) is 3. The van der Waals surface area contributed by atoms with Gasteiger partial charge in [-0.05, 0) is 43.9 Å². The molecule has 2 fully saturated rings. The van der Waals surface area contributed by atoms with Crippen LogP contribution >= 0.6 is 23.4 Å². The van der Waals surface area contributed by atoms with E-state index >= 15 is 0 Å². The van der Waals surface area contributed by atoms with E-state index in [1.54, 1.807) is 6.20 Å². The smallest absolute Gasteiger partial charge is 0.255 e. The fourth-order valence-electron chi connectivity index (χ4n) is 3.73. The summed E-state index contributed by atoms with van der Waals surface area (Å²) >= 11 is 8.57. The summed E-state index contributed by atoms with van der Waals surface area (Å²) in [5.74, 6) is 2.04. The summed E-state index contributed by atoms with van der Waals surface area (Å²) in [5, 5.41) is 1.24. The number of likely N-dealkylation sites (tertiary alicyclic amines) is 1. The van der Waals surface area contributed by atoms with E-state index in [0.29, 0.717) is 15.8 Å². The number of amides is 1. The van der Waals surface area contributed by atoms with Gasteiger partial charge in [-0.1, -0.05) is 24.9 Å². The molecule has 0 radical (unpaired) electrons. The normalized spacial score (nSPS) is 21.9. The molecule has 0 aromatic carbocycles. The number of hydrogen-bond acceptors (Lipinski definition) is 4. The van der Waals surface area contributed by atoms with Gasteiger partial charge in [0, 0.05) is 37.6 Å². The van der Waals surface area contributed by atoms with Crippen molar-refractivity contribution in [3.63, 3.8) is 0 Å². The molecule has 4 nitrogen and oxygen atoms in total. The fraction of sp³-hybridized carbons (Fsp3) is 0.684. The molecule has 6 heteroatoms. The largest absolute Gasteiger partial charge is 0.354 e. The van der Waals surface area contributed by atoms with E-state index in [4.69, 9.17) is 11.6 Å². The first-order valence-electron chi connectivity index (χ1n) is 9.50. The van der Waals surface area contributed by atoms with Crippen LogP contribution in [-0.4, -0.2) is 53.0 Å². The first-order valence-corrected chi connectivity index (χ1v) is 10.9. The Morgan fingerprint density at radius 1 is 1.24 bits per heavy atom. The lowest BCUT2D eigenvalue weighted by Crippen LogP contribution is -2.36. The Bertz CT molecular complexity index is 592. The van der Waals surface area contributed by atoms with Crippen molar-refractivity contribution in [1.82, 2.24) is 9.88 Å². The van der Waals surface area contributed by atoms with Crippen molar-refractivity contribution in [1.29, 1.82) is 0 Å². The third-order valence-corrected chi connectivity index (χ3v) is 6.51. The minimum Gasteiger partial charge on any atom is -0.354 e. The lowest BCUT2D eigenvalue weighted by Gasteiger charge is -2.28. The van der Waals surface area contributed by atoms with Crippen molar-refractivity contribution < 1.29 is 4.79 Å². The molecule has 1 aromatic heterocycles. The highest BCUT2D eigenvalue weighted by Gasteiger charge is 2.23. The zero-order valence-electron chi connectivity index (χ0n) is 15.0. The number of anilines is 1. The lowest BCUT2D eigenvalue weighted by molar-refractivity contribution is 0.0724. The Morgan fingerprint density at radius 3 is 2.72 bits per heavy atom. The van der Waals surface area contributed by atoms with E-state index in [2.05, 4.69) is 16.8 Å². The van der Waals surface area contributed by atoms with Gasteiger partial charge in [-0.2, -0.15) is 11.8 Å². The van der Waals surface area contributed by atoms with Gasteiger partial charge in [-0.25, -0.2) is 4.98 Å².